The number of carbonyl (C=O) groups is 1. The highest BCUT2D eigenvalue weighted by Crippen LogP contribution is 2.19. The highest BCUT2D eigenvalue weighted by Gasteiger charge is 2.20. The average molecular weight is 275 g/mol. The van der Waals surface area contributed by atoms with Gasteiger partial charge in [-0.05, 0) is 43.0 Å². The molecule has 0 aliphatic carbocycles. The molecule has 1 aliphatic heterocycles. The summed E-state index contributed by atoms with van der Waals surface area (Å²) >= 11 is 0. The predicted molar refractivity (Wildman–Crippen MR) is 82.8 cm³/mol. The molecule has 1 aromatic rings. The quantitative estimate of drug-likeness (QED) is 0.866. The maximum atomic E-state index is 11.0. The molecule has 3 N–H and O–H groups in total. The van der Waals surface area contributed by atoms with Crippen molar-refractivity contribution in [1.82, 2.24) is 4.90 Å². The van der Waals surface area contributed by atoms with E-state index in [9.17, 15) is 4.79 Å². The highest BCUT2D eigenvalue weighted by molar-refractivity contribution is 5.75. The fourth-order valence-electron chi connectivity index (χ4n) is 2.74. The number of amides is 1. The van der Waals surface area contributed by atoms with Crippen molar-refractivity contribution in [2.24, 2.45) is 5.73 Å². The number of piperidine rings is 1. The number of nitrogens with two attached hydrogens (primary N) is 1. The minimum absolute atomic E-state index is 0.244. The monoisotopic (exact) mass is 275 g/mol. The number of rotatable bonds is 5. The maximum Gasteiger partial charge on any atom is 0.231 e. The highest BCUT2D eigenvalue weighted by atomic mass is 16.1. The Balaban J connectivity index is 1.90. The predicted octanol–water partition coefficient (Wildman–Crippen LogP) is 2.17. The van der Waals surface area contributed by atoms with Crippen LogP contribution in [0.5, 0.6) is 0 Å². The third-order valence-corrected chi connectivity index (χ3v) is 3.83. The van der Waals surface area contributed by atoms with Crippen LogP contribution in [0, 0.1) is 0 Å². The summed E-state index contributed by atoms with van der Waals surface area (Å²) in [6.07, 6.45) is 2.25. The van der Waals surface area contributed by atoms with Gasteiger partial charge in [-0.1, -0.05) is 26.0 Å². The van der Waals surface area contributed by atoms with Gasteiger partial charge in [0.15, 0.2) is 0 Å². The maximum absolute atomic E-state index is 11.0. The van der Waals surface area contributed by atoms with Gasteiger partial charge in [-0.15, -0.1) is 0 Å². The van der Waals surface area contributed by atoms with Gasteiger partial charge >= 0.3 is 0 Å². The zero-order chi connectivity index (χ0) is 14.5. The van der Waals surface area contributed by atoms with Crippen LogP contribution in [-0.4, -0.2) is 36.5 Å². The molecule has 4 heteroatoms. The molecule has 1 atom stereocenters. The molecule has 0 bridgehead atoms. The fourth-order valence-corrected chi connectivity index (χ4v) is 2.74. The lowest BCUT2D eigenvalue weighted by Gasteiger charge is -2.32. The van der Waals surface area contributed by atoms with Crippen molar-refractivity contribution in [1.29, 1.82) is 0 Å². The van der Waals surface area contributed by atoms with E-state index in [1.165, 1.54) is 5.56 Å². The molecule has 1 aliphatic rings. The molecule has 1 unspecified atom stereocenters. The molecule has 1 saturated heterocycles. The molecule has 2 rings (SSSR count). The molecule has 0 spiro atoms. The van der Waals surface area contributed by atoms with Crippen LogP contribution in [-0.2, 0) is 4.79 Å². The van der Waals surface area contributed by atoms with E-state index in [-0.39, 0.29) is 5.91 Å². The van der Waals surface area contributed by atoms with Crippen molar-refractivity contribution >= 4 is 11.6 Å². The molecule has 1 heterocycles. The van der Waals surface area contributed by atoms with Crippen LogP contribution >= 0.6 is 0 Å². The molecule has 0 aromatic heterocycles. The van der Waals surface area contributed by atoms with Gasteiger partial charge in [-0.2, -0.15) is 0 Å². The first-order valence-electron chi connectivity index (χ1n) is 7.41. The van der Waals surface area contributed by atoms with Gasteiger partial charge in [-0.25, -0.2) is 0 Å². The largest absolute Gasteiger partial charge is 0.381 e. The number of benzene rings is 1. The Hall–Kier alpha value is -1.55. The summed E-state index contributed by atoms with van der Waals surface area (Å²) in [6, 6.07) is 9.03. The van der Waals surface area contributed by atoms with E-state index in [1.807, 2.05) is 0 Å². The molecule has 0 radical (unpaired) electrons. The van der Waals surface area contributed by atoms with Crippen LogP contribution in [0.2, 0.25) is 0 Å². The number of hydrogen-bond acceptors (Lipinski definition) is 3. The lowest BCUT2D eigenvalue weighted by atomic mass is 10.0. The van der Waals surface area contributed by atoms with Gasteiger partial charge < -0.3 is 11.1 Å². The van der Waals surface area contributed by atoms with E-state index >= 15 is 0 Å². The number of carbonyl (C=O) groups excluding carboxylic acids is 1. The number of nitrogens with one attached hydrogen (secondary N) is 1. The molecule has 110 valence electrons. The van der Waals surface area contributed by atoms with Crippen LogP contribution in [0.15, 0.2) is 24.3 Å². The molecule has 1 amide bonds. The van der Waals surface area contributed by atoms with Crippen molar-refractivity contribution in [3.05, 3.63) is 29.8 Å². The second kappa shape index (κ2) is 6.75. The topological polar surface area (TPSA) is 58.4 Å². The van der Waals surface area contributed by atoms with E-state index in [1.54, 1.807) is 0 Å². The first-order valence-corrected chi connectivity index (χ1v) is 7.41. The van der Waals surface area contributed by atoms with Crippen molar-refractivity contribution in [3.63, 3.8) is 0 Å². The van der Waals surface area contributed by atoms with Gasteiger partial charge in [0.2, 0.25) is 5.91 Å². The van der Waals surface area contributed by atoms with Gasteiger partial charge in [-0.3, -0.25) is 9.69 Å². The average Bonchev–Trinajstić information content (AvgIpc) is 2.39. The summed E-state index contributed by atoms with van der Waals surface area (Å²) < 4.78 is 0. The first kappa shape index (κ1) is 14.9. The Labute approximate surface area is 121 Å². The van der Waals surface area contributed by atoms with Crippen molar-refractivity contribution < 1.29 is 4.79 Å². The third-order valence-electron chi connectivity index (χ3n) is 3.83. The zero-order valence-corrected chi connectivity index (χ0v) is 12.4. The van der Waals surface area contributed by atoms with Gasteiger partial charge in [0, 0.05) is 18.3 Å². The molecule has 4 nitrogen and oxygen atoms in total. The Morgan fingerprint density at radius 3 is 2.70 bits per heavy atom. The summed E-state index contributed by atoms with van der Waals surface area (Å²) in [5, 5.41) is 3.56. The lowest BCUT2D eigenvalue weighted by molar-refractivity contribution is -0.119. The van der Waals surface area contributed by atoms with Crippen LogP contribution in [0.1, 0.15) is 38.2 Å². The Morgan fingerprint density at radius 1 is 1.40 bits per heavy atom. The summed E-state index contributed by atoms with van der Waals surface area (Å²) in [4.78, 5) is 13.1. The van der Waals surface area contributed by atoms with Crippen molar-refractivity contribution in [3.8, 4) is 0 Å². The van der Waals surface area contributed by atoms with E-state index in [0.717, 1.165) is 31.6 Å². The second-order valence-corrected chi connectivity index (χ2v) is 5.96. The SMILES string of the molecule is CC(C)c1ccc(NC2CCCN(CC(N)=O)C2)cc1. The van der Waals surface area contributed by atoms with Crippen LogP contribution in [0.3, 0.4) is 0 Å². The minimum atomic E-state index is -0.244. The normalized spacial score (nSPS) is 20.1. The van der Waals surface area contributed by atoms with Crippen LogP contribution in [0.25, 0.3) is 0 Å². The molecular weight excluding hydrogens is 250 g/mol. The molecule has 0 saturated carbocycles. The summed E-state index contributed by atoms with van der Waals surface area (Å²) in [7, 11) is 0. The van der Waals surface area contributed by atoms with E-state index in [0.29, 0.717) is 18.5 Å². The van der Waals surface area contributed by atoms with E-state index < -0.39 is 0 Å². The van der Waals surface area contributed by atoms with Gasteiger partial charge in [0.05, 0.1) is 6.54 Å². The lowest BCUT2D eigenvalue weighted by Crippen LogP contribution is -2.45. The van der Waals surface area contributed by atoms with Crippen molar-refractivity contribution in [2.75, 3.05) is 25.0 Å². The fraction of sp³-hybridized carbons (Fsp3) is 0.562. The molecule has 1 aromatic carbocycles. The smallest absolute Gasteiger partial charge is 0.231 e. The Bertz CT molecular complexity index is 442. The number of anilines is 1. The third kappa shape index (κ3) is 4.23. The van der Waals surface area contributed by atoms with Gasteiger partial charge in [0.25, 0.3) is 0 Å². The summed E-state index contributed by atoms with van der Waals surface area (Å²) in [5.74, 6) is 0.316. The standard InChI is InChI=1S/C16H25N3O/c1-12(2)13-5-7-14(8-6-13)18-15-4-3-9-19(10-15)11-16(17)20/h5-8,12,15,18H,3-4,9-11H2,1-2H3,(H2,17,20). The Morgan fingerprint density at radius 2 is 2.10 bits per heavy atom. The van der Waals surface area contributed by atoms with E-state index in [4.69, 9.17) is 5.73 Å². The second-order valence-electron chi connectivity index (χ2n) is 5.96. The Kier molecular flexibility index (Phi) is 5.01. The van der Waals surface area contributed by atoms with E-state index in [2.05, 4.69) is 48.3 Å². The summed E-state index contributed by atoms with van der Waals surface area (Å²) in [5.41, 5.74) is 7.77. The molecule has 20 heavy (non-hydrogen) atoms. The van der Waals surface area contributed by atoms with Crippen LogP contribution < -0.4 is 11.1 Å². The number of nitrogens with zero attached hydrogens (tertiary/aromatic N) is 1. The first-order chi connectivity index (χ1) is 9.54. The zero-order valence-electron chi connectivity index (χ0n) is 12.4. The van der Waals surface area contributed by atoms with Gasteiger partial charge in [0.1, 0.15) is 0 Å². The van der Waals surface area contributed by atoms with Crippen LogP contribution in [0.4, 0.5) is 5.69 Å². The number of likely N-dealkylation sites (tertiary alicyclic amines) is 1. The minimum Gasteiger partial charge on any atom is -0.381 e. The molecule has 1 fully saturated rings. The number of hydrogen-bond donors (Lipinski definition) is 2. The summed E-state index contributed by atoms with van der Waals surface area (Å²) in [6.45, 7) is 6.61. The number of primary amides is 1. The molecular formula is C16H25N3O. The van der Waals surface area contributed by atoms with Crippen molar-refractivity contribution in [2.45, 2.75) is 38.6 Å².